The summed E-state index contributed by atoms with van der Waals surface area (Å²) in [5.74, 6) is -0.929. The van der Waals surface area contributed by atoms with Crippen molar-refractivity contribution in [2.45, 2.75) is 0 Å². The van der Waals surface area contributed by atoms with E-state index in [2.05, 4.69) is 20.1 Å². The molecule has 1 fully saturated rings. The lowest BCUT2D eigenvalue weighted by molar-refractivity contribution is 0.122. The molecule has 3 heterocycles. The number of methoxy groups -OCH3 is 1. The smallest absolute Gasteiger partial charge is 0.258 e. The van der Waals surface area contributed by atoms with Crippen molar-refractivity contribution in [3.05, 3.63) is 36.2 Å². The van der Waals surface area contributed by atoms with Gasteiger partial charge in [0.25, 0.3) is 5.89 Å². The van der Waals surface area contributed by atoms with E-state index < -0.39 is 11.6 Å². The van der Waals surface area contributed by atoms with Crippen LogP contribution in [0.5, 0.6) is 5.88 Å². The number of hydrogen-bond donors (Lipinski definition) is 0. The van der Waals surface area contributed by atoms with E-state index in [9.17, 15) is 8.78 Å². The van der Waals surface area contributed by atoms with E-state index in [0.29, 0.717) is 37.9 Å². The van der Waals surface area contributed by atoms with E-state index in [-0.39, 0.29) is 23.0 Å². The molecule has 1 saturated heterocycles. The van der Waals surface area contributed by atoms with Gasteiger partial charge in [-0.25, -0.2) is 18.7 Å². The second-order valence-corrected chi connectivity index (χ2v) is 5.76. The average Bonchev–Trinajstić information content (AvgIpc) is 3.19. The predicted molar refractivity (Wildman–Crippen MR) is 90.3 cm³/mol. The van der Waals surface area contributed by atoms with Crippen LogP contribution in [0.1, 0.15) is 0 Å². The monoisotopic (exact) mass is 375 g/mol. The Balaban J connectivity index is 1.65. The first kappa shape index (κ1) is 17.3. The number of aromatic nitrogens is 4. The zero-order valence-corrected chi connectivity index (χ0v) is 14.4. The van der Waals surface area contributed by atoms with Crippen LogP contribution in [-0.2, 0) is 4.74 Å². The SMILES string of the molecule is COc1cc(-c2noc(-c3cc(F)c(N4CCOCC4)c(F)c3)n2)ncn1. The first-order valence-electron chi connectivity index (χ1n) is 8.18. The molecule has 0 unspecified atom stereocenters. The van der Waals surface area contributed by atoms with Gasteiger partial charge in [-0.1, -0.05) is 5.16 Å². The summed E-state index contributed by atoms with van der Waals surface area (Å²) >= 11 is 0. The van der Waals surface area contributed by atoms with Gasteiger partial charge in [0.15, 0.2) is 0 Å². The zero-order valence-electron chi connectivity index (χ0n) is 14.4. The minimum atomic E-state index is -0.699. The standard InChI is InChI=1S/C17H15F2N5O3/c1-25-14-8-13(20-9-21-14)16-22-17(27-23-16)10-6-11(18)15(12(19)7-10)24-2-4-26-5-3-24/h6-9H,2-5H2,1H3. The fourth-order valence-corrected chi connectivity index (χ4v) is 2.80. The van der Waals surface area contributed by atoms with Crippen LogP contribution in [0.15, 0.2) is 29.0 Å². The molecule has 0 saturated carbocycles. The normalized spacial score (nSPS) is 14.4. The number of rotatable bonds is 4. The summed E-state index contributed by atoms with van der Waals surface area (Å²) in [5.41, 5.74) is 0.423. The Bertz CT molecular complexity index is 936. The Kier molecular flexibility index (Phi) is 4.63. The number of hydrogen-bond acceptors (Lipinski definition) is 8. The summed E-state index contributed by atoms with van der Waals surface area (Å²) in [6.45, 7) is 1.70. The maximum absolute atomic E-state index is 14.6. The van der Waals surface area contributed by atoms with Crippen molar-refractivity contribution in [1.29, 1.82) is 0 Å². The molecule has 0 amide bonds. The van der Waals surface area contributed by atoms with E-state index in [1.54, 1.807) is 4.90 Å². The molecule has 8 nitrogen and oxygen atoms in total. The summed E-state index contributed by atoms with van der Waals surface area (Å²) in [5, 5.41) is 3.81. The average molecular weight is 375 g/mol. The van der Waals surface area contributed by atoms with E-state index >= 15 is 0 Å². The molecule has 4 rings (SSSR count). The quantitative estimate of drug-likeness (QED) is 0.687. The minimum absolute atomic E-state index is 0.0195. The molecule has 0 spiro atoms. The second kappa shape index (κ2) is 7.23. The molecular weight excluding hydrogens is 360 g/mol. The molecule has 1 aromatic carbocycles. The fraction of sp³-hybridized carbons (Fsp3) is 0.294. The van der Waals surface area contributed by atoms with Crippen molar-refractivity contribution < 1.29 is 22.8 Å². The third-order valence-electron chi connectivity index (χ3n) is 4.10. The summed E-state index contributed by atoms with van der Waals surface area (Å²) in [4.78, 5) is 13.7. The first-order chi connectivity index (χ1) is 13.2. The van der Waals surface area contributed by atoms with Crippen LogP contribution >= 0.6 is 0 Å². The van der Waals surface area contributed by atoms with Crippen molar-refractivity contribution in [3.63, 3.8) is 0 Å². The number of morpholine rings is 1. The Morgan fingerprint density at radius 3 is 2.52 bits per heavy atom. The highest BCUT2D eigenvalue weighted by atomic mass is 19.1. The highest BCUT2D eigenvalue weighted by molar-refractivity contribution is 5.63. The van der Waals surface area contributed by atoms with Gasteiger partial charge in [-0.05, 0) is 12.1 Å². The molecule has 10 heteroatoms. The second-order valence-electron chi connectivity index (χ2n) is 5.76. The van der Waals surface area contributed by atoms with E-state index in [1.165, 1.54) is 31.6 Å². The van der Waals surface area contributed by atoms with Gasteiger partial charge in [0.1, 0.15) is 29.3 Å². The van der Waals surface area contributed by atoms with Gasteiger partial charge in [0.2, 0.25) is 11.7 Å². The molecule has 2 aromatic heterocycles. The van der Waals surface area contributed by atoms with Crippen LogP contribution in [-0.4, -0.2) is 53.5 Å². The summed E-state index contributed by atoms with van der Waals surface area (Å²) in [6, 6.07) is 3.87. The van der Waals surface area contributed by atoms with Gasteiger partial charge >= 0.3 is 0 Å². The highest BCUT2D eigenvalue weighted by Gasteiger charge is 2.22. The lowest BCUT2D eigenvalue weighted by Gasteiger charge is -2.29. The van der Waals surface area contributed by atoms with Gasteiger partial charge in [-0.3, -0.25) is 0 Å². The number of ether oxygens (including phenoxy) is 2. The van der Waals surface area contributed by atoms with Crippen molar-refractivity contribution in [3.8, 4) is 28.9 Å². The number of anilines is 1. The molecular formula is C17H15F2N5O3. The molecule has 0 aliphatic carbocycles. The van der Waals surface area contributed by atoms with E-state index in [1.807, 2.05) is 0 Å². The van der Waals surface area contributed by atoms with Crippen LogP contribution in [0.3, 0.4) is 0 Å². The van der Waals surface area contributed by atoms with Crippen molar-refractivity contribution in [2.75, 3.05) is 38.3 Å². The number of halogens is 2. The predicted octanol–water partition coefficient (Wildman–Crippen LogP) is 2.32. The molecule has 27 heavy (non-hydrogen) atoms. The van der Waals surface area contributed by atoms with Crippen LogP contribution in [0, 0.1) is 11.6 Å². The largest absolute Gasteiger partial charge is 0.481 e. The van der Waals surface area contributed by atoms with E-state index in [0.717, 1.165) is 0 Å². The van der Waals surface area contributed by atoms with Crippen LogP contribution in [0.2, 0.25) is 0 Å². The lowest BCUT2D eigenvalue weighted by Crippen LogP contribution is -2.37. The van der Waals surface area contributed by atoms with E-state index in [4.69, 9.17) is 14.0 Å². The molecule has 0 atom stereocenters. The van der Waals surface area contributed by atoms with Crippen LogP contribution in [0.25, 0.3) is 23.0 Å². The Morgan fingerprint density at radius 1 is 1.07 bits per heavy atom. The van der Waals surface area contributed by atoms with Crippen LogP contribution < -0.4 is 9.64 Å². The summed E-state index contributed by atoms with van der Waals surface area (Å²) in [7, 11) is 1.47. The zero-order chi connectivity index (χ0) is 18.8. The lowest BCUT2D eigenvalue weighted by atomic mass is 10.1. The molecule has 1 aliphatic heterocycles. The highest BCUT2D eigenvalue weighted by Crippen LogP contribution is 2.30. The molecule has 0 bridgehead atoms. The summed E-state index contributed by atoms with van der Waals surface area (Å²) in [6.07, 6.45) is 1.29. The third-order valence-corrected chi connectivity index (χ3v) is 4.10. The van der Waals surface area contributed by atoms with Gasteiger partial charge in [0.05, 0.1) is 20.3 Å². The molecule has 0 radical (unpaired) electrons. The summed E-state index contributed by atoms with van der Waals surface area (Å²) < 4.78 is 44.5. The van der Waals surface area contributed by atoms with Crippen molar-refractivity contribution in [1.82, 2.24) is 20.1 Å². The van der Waals surface area contributed by atoms with Gasteiger partial charge in [-0.15, -0.1) is 0 Å². The Hall–Kier alpha value is -3.14. The van der Waals surface area contributed by atoms with Gasteiger partial charge in [-0.2, -0.15) is 4.98 Å². The Morgan fingerprint density at radius 2 is 1.81 bits per heavy atom. The fourth-order valence-electron chi connectivity index (χ4n) is 2.80. The number of benzene rings is 1. The van der Waals surface area contributed by atoms with Crippen LogP contribution in [0.4, 0.5) is 14.5 Å². The molecule has 140 valence electrons. The topological polar surface area (TPSA) is 86.4 Å². The van der Waals surface area contributed by atoms with Gasteiger partial charge < -0.3 is 18.9 Å². The molecule has 1 aliphatic rings. The third kappa shape index (κ3) is 3.43. The molecule has 3 aromatic rings. The van der Waals surface area contributed by atoms with Gasteiger partial charge in [0, 0.05) is 24.7 Å². The maximum Gasteiger partial charge on any atom is 0.258 e. The first-order valence-corrected chi connectivity index (χ1v) is 8.18. The van der Waals surface area contributed by atoms with Crippen molar-refractivity contribution in [2.24, 2.45) is 0 Å². The van der Waals surface area contributed by atoms with Crippen molar-refractivity contribution >= 4 is 5.69 Å². The molecule has 0 N–H and O–H groups in total. The number of nitrogens with zero attached hydrogens (tertiary/aromatic N) is 5. The minimum Gasteiger partial charge on any atom is -0.481 e. The Labute approximate surface area is 152 Å². The maximum atomic E-state index is 14.6.